The second-order valence-corrected chi connectivity index (χ2v) is 12.1. The van der Waals surface area contributed by atoms with Crippen LogP contribution in [0.15, 0.2) is 77.7 Å². The Hall–Kier alpha value is -3.63. The van der Waals surface area contributed by atoms with Gasteiger partial charge in [0.25, 0.3) is 10.0 Å². The van der Waals surface area contributed by atoms with E-state index in [1.165, 1.54) is 66.6 Å². The van der Waals surface area contributed by atoms with E-state index in [1.54, 1.807) is 25.1 Å². The van der Waals surface area contributed by atoms with Crippen molar-refractivity contribution in [1.82, 2.24) is 10.2 Å². The van der Waals surface area contributed by atoms with E-state index in [2.05, 4.69) is 5.32 Å². The molecule has 0 spiro atoms. The van der Waals surface area contributed by atoms with Gasteiger partial charge in [-0.3, -0.25) is 13.9 Å². The SMILES string of the molecule is CC[C@@H](C(=O)NCC(C)C)N(Cc1ccc(F)cc1)C(=O)CN(c1ccc(OC)c(Cl)c1)S(=O)(=O)c1ccccc1. The third-order valence-electron chi connectivity index (χ3n) is 6.37. The van der Waals surface area contributed by atoms with E-state index < -0.39 is 34.3 Å². The molecule has 3 rings (SSSR count). The maximum Gasteiger partial charge on any atom is 0.264 e. The van der Waals surface area contributed by atoms with Crippen LogP contribution < -0.4 is 14.4 Å². The Morgan fingerprint density at radius 1 is 1.02 bits per heavy atom. The number of carbonyl (C=O) groups is 2. The molecule has 1 N–H and O–H groups in total. The molecule has 0 radical (unpaired) electrons. The predicted molar refractivity (Wildman–Crippen MR) is 158 cm³/mol. The lowest BCUT2D eigenvalue weighted by atomic mass is 10.1. The summed E-state index contributed by atoms with van der Waals surface area (Å²) in [6.07, 6.45) is 0.274. The van der Waals surface area contributed by atoms with E-state index in [1.807, 2.05) is 13.8 Å². The number of ether oxygens (including phenoxy) is 1. The fourth-order valence-corrected chi connectivity index (χ4v) is 5.87. The van der Waals surface area contributed by atoms with Gasteiger partial charge in [0.15, 0.2) is 0 Å². The van der Waals surface area contributed by atoms with Crippen LogP contribution in [0.5, 0.6) is 5.75 Å². The largest absolute Gasteiger partial charge is 0.495 e. The van der Waals surface area contributed by atoms with Crippen LogP contribution in [0, 0.1) is 11.7 Å². The minimum Gasteiger partial charge on any atom is -0.495 e. The summed E-state index contributed by atoms with van der Waals surface area (Å²) in [5, 5.41) is 3.03. The lowest BCUT2D eigenvalue weighted by molar-refractivity contribution is -0.140. The Morgan fingerprint density at radius 2 is 1.68 bits per heavy atom. The van der Waals surface area contributed by atoms with Gasteiger partial charge in [0.05, 0.1) is 22.7 Å². The van der Waals surface area contributed by atoms with E-state index >= 15 is 0 Å². The van der Waals surface area contributed by atoms with Gasteiger partial charge >= 0.3 is 0 Å². The Bertz CT molecular complexity index is 1440. The summed E-state index contributed by atoms with van der Waals surface area (Å²) in [5.41, 5.74) is 0.729. The van der Waals surface area contributed by atoms with Crippen LogP contribution >= 0.6 is 11.6 Å². The Morgan fingerprint density at radius 3 is 2.24 bits per heavy atom. The van der Waals surface area contributed by atoms with Gasteiger partial charge in [0, 0.05) is 13.1 Å². The zero-order valence-corrected chi connectivity index (χ0v) is 25.1. The van der Waals surface area contributed by atoms with Crippen LogP contribution in [0.4, 0.5) is 10.1 Å². The van der Waals surface area contributed by atoms with Crippen molar-refractivity contribution in [3.05, 3.63) is 89.2 Å². The Kier molecular flexibility index (Phi) is 11.1. The van der Waals surface area contributed by atoms with Crippen molar-refractivity contribution in [1.29, 1.82) is 0 Å². The molecule has 0 heterocycles. The van der Waals surface area contributed by atoms with Crippen molar-refractivity contribution in [3.63, 3.8) is 0 Å². The van der Waals surface area contributed by atoms with Gasteiger partial charge in [-0.25, -0.2) is 12.8 Å². The molecule has 0 aliphatic heterocycles. The highest BCUT2D eigenvalue weighted by molar-refractivity contribution is 7.92. The smallest absolute Gasteiger partial charge is 0.264 e. The highest BCUT2D eigenvalue weighted by Crippen LogP contribution is 2.32. The summed E-state index contributed by atoms with van der Waals surface area (Å²) in [7, 11) is -2.80. The number of benzene rings is 3. The number of hydrogen-bond donors (Lipinski definition) is 1. The molecule has 8 nitrogen and oxygen atoms in total. The number of nitrogens with one attached hydrogen (secondary N) is 1. The number of methoxy groups -OCH3 is 1. The second kappa shape index (κ2) is 14.3. The maximum atomic E-state index is 14.0. The summed E-state index contributed by atoms with van der Waals surface area (Å²) in [5.74, 6) is -0.896. The fraction of sp³-hybridized carbons (Fsp3) is 0.333. The molecule has 0 saturated heterocycles. The molecule has 0 bridgehead atoms. The normalized spacial score (nSPS) is 12.1. The molecule has 1 atom stereocenters. The zero-order chi connectivity index (χ0) is 30.2. The van der Waals surface area contributed by atoms with Crippen molar-refractivity contribution in [2.24, 2.45) is 5.92 Å². The van der Waals surface area contributed by atoms with Crippen molar-refractivity contribution >= 4 is 39.1 Å². The van der Waals surface area contributed by atoms with Crippen LogP contribution in [0.3, 0.4) is 0 Å². The first-order valence-corrected chi connectivity index (χ1v) is 15.0. The molecule has 0 aliphatic carbocycles. The molecule has 0 unspecified atom stereocenters. The molecule has 3 aromatic rings. The third kappa shape index (κ3) is 8.20. The van der Waals surface area contributed by atoms with Crippen molar-refractivity contribution in [2.75, 3.05) is 24.5 Å². The molecule has 0 aromatic heterocycles. The lowest BCUT2D eigenvalue weighted by Gasteiger charge is -2.33. The molecule has 0 fully saturated rings. The molecule has 220 valence electrons. The number of rotatable bonds is 13. The molecular formula is C30H35ClFN3O5S. The summed E-state index contributed by atoms with van der Waals surface area (Å²) < 4.78 is 47.5. The first-order valence-electron chi connectivity index (χ1n) is 13.2. The number of halogens is 2. The topological polar surface area (TPSA) is 96.0 Å². The summed E-state index contributed by atoms with van der Waals surface area (Å²) in [6.45, 7) is 5.44. The van der Waals surface area contributed by atoms with Crippen LogP contribution in [-0.4, -0.2) is 51.4 Å². The first kappa shape index (κ1) is 31.9. The van der Waals surface area contributed by atoms with Gasteiger partial charge in [0.2, 0.25) is 11.8 Å². The molecular weight excluding hydrogens is 569 g/mol. The zero-order valence-electron chi connectivity index (χ0n) is 23.5. The van der Waals surface area contributed by atoms with E-state index in [-0.39, 0.29) is 40.4 Å². The predicted octanol–water partition coefficient (Wildman–Crippen LogP) is 5.26. The summed E-state index contributed by atoms with van der Waals surface area (Å²) in [6, 6.07) is 16.8. The van der Waals surface area contributed by atoms with Gasteiger partial charge in [-0.15, -0.1) is 0 Å². The Labute approximate surface area is 246 Å². The second-order valence-electron chi connectivity index (χ2n) is 9.85. The molecule has 0 aliphatic rings. The van der Waals surface area contributed by atoms with Crippen LogP contribution in [0.25, 0.3) is 0 Å². The fourth-order valence-electron chi connectivity index (χ4n) is 4.19. The van der Waals surface area contributed by atoms with Gasteiger partial charge < -0.3 is 15.0 Å². The van der Waals surface area contributed by atoms with Gasteiger partial charge in [-0.05, 0) is 60.4 Å². The van der Waals surface area contributed by atoms with E-state index in [0.717, 1.165) is 4.31 Å². The molecule has 2 amide bonds. The molecule has 3 aromatic carbocycles. The number of anilines is 1. The van der Waals surface area contributed by atoms with Gasteiger partial charge in [-0.1, -0.05) is 62.7 Å². The number of sulfonamides is 1. The van der Waals surface area contributed by atoms with Gasteiger partial charge in [0.1, 0.15) is 24.2 Å². The Balaban J connectivity index is 2.06. The van der Waals surface area contributed by atoms with E-state index in [9.17, 15) is 22.4 Å². The first-order chi connectivity index (χ1) is 19.5. The van der Waals surface area contributed by atoms with Gasteiger partial charge in [-0.2, -0.15) is 0 Å². The minimum atomic E-state index is -4.24. The number of nitrogens with zero attached hydrogens (tertiary/aromatic N) is 2. The van der Waals surface area contributed by atoms with E-state index in [4.69, 9.17) is 16.3 Å². The average Bonchev–Trinajstić information content (AvgIpc) is 2.95. The third-order valence-corrected chi connectivity index (χ3v) is 8.45. The van der Waals surface area contributed by atoms with Crippen LogP contribution in [-0.2, 0) is 26.2 Å². The van der Waals surface area contributed by atoms with E-state index in [0.29, 0.717) is 17.9 Å². The quantitative estimate of drug-likeness (QED) is 0.287. The monoisotopic (exact) mass is 603 g/mol. The van der Waals surface area contributed by atoms with Crippen molar-refractivity contribution in [3.8, 4) is 5.75 Å². The highest BCUT2D eigenvalue weighted by Gasteiger charge is 2.34. The standard InChI is InChI=1S/C30H35ClFN3O5S/c1-5-27(30(37)33-18-21(2)3)34(19-22-11-13-23(32)14-12-22)29(36)20-35(24-15-16-28(40-4)26(31)17-24)41(38,39)25-9-7-6-8-10-25/h6-17,21,27H,5,18-20H2,1-4H3,(H,33,37)/t27-/m0/s1. The highest BCUT2D eigenvalue weighted by atomic mass is 35.5. The summed E-state index contributed by atoms with van der Waals surface area (Å²) in [4.78, 5) is 28.6. The number of amides is 2. The summed E-state index contributed by atoms with van der Waals surface area (Å²) >= 11 is 6.34. The van der Waals surface area contributed by atoms with Crippen LogP contribution in [0.1, 0.15) is 32.8 Å². The lowest BCUT2D eigenvalue weighted by Crippen LogP contribution is -2.52. The van der Waals surface area contributed by atoms with Crippen molar-refractivity contribution < 1.29 is 27.1 Å². The van der Waals surface area contributed by atoms with Crippen molar-refractivity contribution in [2.45, 2.75) is 44.7 Å². The molecule has 0 saturated carbocycles. The number of hydrogen-bond acceptors (Lipinski definition) is 5. The minimum absolute atomic E-state index is 0.0217. The molecule has 11 heteroatoms. The van der Waals surface area contributed by atoms with Crippen LogP contribution in [0.2, 0.25) is 5.02 Å². The number of carbonyl (C=O) groups excluding carboxylic acids is 2. The average molecular weight is 604 g/mol. The molecule has 41 heavy (non-hydrogen) atoms. The maximum absolute atomic E-state index is 14.0.